The predicted molar refractivity (Wildman–Crippen MR) is 82.8 cm³/mol. The van der Waals surface area contributed by atoms with E-state index in [0.717, 1.165) is 28.7 Å². The second-order valence-electron chi connectivity index (χ2n) is 5.13. The van der Waals surface area contributed by atoms with E-state index in [2.05, 4.69) is 0 Å². The van der Waals surface area contributed by atoms with Gasteiger partial charge in [-0.25, -0.2) is 14.0 Å². The fourth-order valence-corrected chi connectivity index (χ4v) is 2.21. The number of carboxylic acids is 1. The van der Waals surface area contributed by atoms with Crippen LogP contribution in [-0.4, -0.2) is 34.2 Å². The maximum atomic E-state index is 13.4. The molecule has 0 spiro atoms. The van der Waals surface area contributed by atoms with Gasteiger partial charge in [-0.15, -0.1) is 0 Å². The molecule has 0 aromatic heterocycles. The lowest BCUT2D eigenvalue weighted by Gasteiger charge is -2.24. The van der Waals surface area contributed by atoms with E-state index in [1.165, 1.54) is 7.05 Å². The van der Waals surface area contributed by atoms with Crippen LogP contribution < -0.4 is 0 Å². The maximum absolute atomic E-state index is 13.4. The van der Waals surface area contributed by atoms with Gasteiger partial charge in [0.25, 0.3) is 0 Å². The first kappa shape index (κ1) is 17.3. The first-order valence-electron chi connectivity index (χ1n) is 7.04. The number of carbonyl (C=O) groups is 2. The summed E-state index contributed by atoms with van der Waals surface area (Å²) in [4.78, 5) is 24.4. The number of amides is 1. The van der Waals surface area contributed by atoms with Crippen LogP contribution in [0.25, 0.3) is 0 Å². The summed E-state index contributed by atoms with van der Waals surface area (Å²) < 4.78 is 18.5. The zero-order valence-corrected chi connectivity index (χ0v) is 12.8. The molecule has 0 aliphatic carbocycles. The number of rotatable bonds is 5. The second-order valence-corrected chi connectivity index (χ2v) is 5.13. The average molecular weight is 333 g/mol. The Morgan fingerprint density at radius 1 is 1.21 bits per heavy atom. The van der Waals surface area contributed by atoms with Crippen molar-refractivity contribution in [3.05, 3.63) is 65.5 Å². The van der Waals surface area contributed by atoms with Crippen molar-refractivity contribution in [3.63, 3.8) is 0 Å². The number of nitrogens with zero attached hydrogens (tertiary/aromatic N) is 1. The van der Waals surface area contributed by atoms with Crippen molar-refractivity contribution in [3.8, 4) is 5.75 Å². The molecule has 126 valence electrons. The number of aromatic hydroxyl groups is 1. The van der Waals surface area contributed by atoms with Gasteiger partial charge >= 0.3 is 12.1 Å². The third-order valence-corrected chi connectivity index (χ3v) is 3.33. The van der Waals surface area contributed by atoms with Crippen LogP contribution in [-0.2, 0) is 16.1 Å². The van der Waals surface area contributed by atoms with Gasteiger partial charge in [-0.05, 0) is 23.3 Å². The van der Waals surface area contributed by atoms with Gasteiger partial charge in [0.2, 0.25) is 0 Å². The number of carbonyl (C=O) groups excluding carboxylic acids is 1. The third-order valence-electron chi connectivity index (χ3n) is 3.33. The van der Waals surface area contributed by atoms with Crippen LogP contribution in [0.15, 0.2) is 48.5 Å². The number of halogens is 1. The number of phenols is 1. The molecule has 7 heteroatoms. The van der Waals surface area contributed by atoms with E-state index in [1.54, 1.807) is 24.3 Å². The summed E-state index contributed by atoms with van der Waals surface area (Å²) in [5.74, 6) is -2.61. The number of benzene rings is 2. The third kappa shape index (κ3) is 4.22. The van der Waals surface area contributed by atoms with Crippen LogP contribution in [0.4, 0.5) is 9.18 Å². The lowest BCUT2D eigenvalue weighted by atomic mass is 10.1. The van der Waals surface area contributed by atoms with Crippen LogP contribution in [0.3, 0.4) is 0 Å². The Morgan fingerprint density at radius 2 is 1.88 bits per heavy atom. The lowest BCUT2D eigenvalue weighted by molar-refractivity contribution is -0.142. The molecule has 0 aliphatic heterocycles. The number of hydrogen-bond donors (Lipinski definition) is 2. The SMILES string of the molecule is CN(C(=O)OCc1ccccc1)C(C(=O)O)c1cc(O)cc(F)c1. The smallest absolute Gasteiger partial charge is 0.410 e. The van der Waals surface area contributed by atoms with E-state index in [-0.39, 0.29) is 12.2 Å². The highest BCUT2D eigenvalue weighted by atomic mass is 19.1. The Kier molecular flexibility index (Phi) is 5.36. The fraction of sp³-hybridized carbons (Fsp3) is 0.176. The van der Waals surface area contributed by atoms with Crippen molar-refractivity contribution in [1.82, 2.24) is 4.90 Å². The highest BCUT2D eigenvalue weighted by molar-refractivity contribution is 5.81. The maximum Gasteiger partial charge on any atom is 0.410 e. The number of carboxylic acid groups (broad SMARTS) is 1. The van der Waals surface area contributed by atoms with Crippen molar-refractivity contribution < 1.29 is 28.9 Å². The topological polar surface area (TPSA) is 87.1 Å². The molecule has 2 N–H and O–H groups in total. The Labute approximate surface area is 137 Å². The number of ether oxygens (including phenoxy) is 1. The van der Waals surface area contributed by atoms with Crippen LogP contribution in [0, 0.1) is 5.82 Å². The molecule has 2 rings (SSSR count). The molecule has 0 bridgehead atoms. The van der Waals surface area contributed by atoms with Crippen molar-refractivity contribution in [2.24, 2.45) is 0 Å². The van der Waals surface area contributed by atoms with Crippen LogP contribution >= 0.6 is 0 Å². The van der Waals surface area contributed by atoms with Gasteiger partial charge in [-0.3, -0.25) is 4.90 Å². The fourth-order valence-electron chi connectivity index (χ4n) is 2.21. The van der Waals surface area contributed by atoms with E-state index in [0.29, 0.717) is 0 Å². The van der Waals surface area contributed by atoms with E-state index in [9.17, 15) is 24.2 Å². The number of aliphatic carboxylic acids is 1. The Hall–Kier alpha value is -3.09. The molecular weight excluding hydrogens is 317 g/mol. The summed E-state index contributed by atoms with van der Waals surface area (Å²) in [5.41, 5.74) is 0.675. The van der Waals surface area contributed by atoms with Gasteiger partial charge in [0.05, 0.1) is 0 Å². The molecule has 0 fully saturated rings. The van der Waals surface area contributed by atoms with Crippen LogP contribution in [0.2, 0.25) is 0 Å². The highest BCUT2D eigenvalue weighted by Crippen LogP contribution is 2.25. The quantitative estimate of drug-likeness (QED) is 0.878. The minimum Gasteiger partial charge on any atom is -0.508 e. The van der Waals surface area contributed by atoms with Gasteiger partial charge in [-0.2, -0.15) is 0 Å². The van der Waals surface area contributed by atoms with Gasteiger partial charge in [-0.1, -0.05) is 30.3 Å². The first-order chi connectivity index (χ1) is 11.4. The molecule has 0 heterocycles. The number of phenolic OH excluding ortho intramolecular Hbond substituents is 1. The minimum atomic E-state index is -1.49. The summed E-state index contributed by atoms with van der Waals surface area (Å²) in [5, 5.41) is 18.8. The molecule has 1 unspecified atom stereocenters. The molecule has 24 heavy (non-hydrogen) atoms. The van der Waals surface area contributed by atoms with E-state index < -0.39 is 29.7 Å². The average Bonchev–Trinajstić information content (AvgIpc) is 2.52. The monoisotopic (exact) mass is 333 g/mol. The van der Waals surface area contributed by atoms with Gasteiger partial charge in [0.15, 0.2) is 6.04 Å². The molecule has 0 saturated heterocycles. The van der Waals surface area contributed by atoms with Crippen LogP contribution in [0.1, 0.15) is 17.2 Å². The van der Waals surface area contributed by atoms with Crippen molar-refractivity contribution in [2.45, 2.75) is 12.6 Å². The van der Waals surface area contributed by atoms with Crippen molar-refractivity contribution >= 4 is 12.1 Å². The Bertz CT molecular complexity index is 715. The molecule has 6 nitrogen and oxygen atoms in total. The Morgan fingerprint density at radius 3 is 2.46 bits per heavy atom. The zero-order chi connectivity index (χ0) is 17.7. The summed E-state index contributed by atoms with van der Waals surface area (Å²) in [6, 6.07) is 10.3. The first-order valence-corrected chi connectivity index (χ1v) is 7.04. The number of likely N-dealkylation sites (N-methyl/N-ethyl adjacent to an activating group) is 1. The molecule has 2 aromatic rings. The lowest BCUT2D eigenvalue weighted by Crippen LogP contribution is -2.36. The highest BCUT2D eigenvalue weighted by Gasteiger charge is 2.30. The molecule has 1 amide bonds. The summed E-state index contributed by atoms with van der Waals surface area (Å²) in [6.45, 7) is -0.0231. The normalized spacial score (nSPS) is 11.6. The molecular formula is C17H16FNO5. The number of hydrogen-bond acceptors (Lipinski definition) is 4. The minimum absolute atomic E-state index is 0.0231. The zero-order valence-electron chi connectivity index (χ0n) is 12.8. The Balaban J connectivity index is 2.15. The predicted octanol–water partition coefficient (Wildman–Crippen LogP) is 2.93. The molecule has 0 aliphatic rings. The molecule has 0 saturated carbocycles. The van der Waals surface area contributed by atoms with E-state index >= 15 is 0 Å². The second kappa shape index (κ2) is 7.45. The van der Waals surface area contributed by atoms with Crippen LogP contribution in [0.5, 0.6) is 5.75 Å². The summed E-state index contributed by atoms with van der Waals surface area (Å²) >= 11 is 0. The molecule has 2 aromatic carbocycles. The van der Waals surface area contributed by atoms with Gasteiger partial charge in [0, 0.05) is 13.1 Å². The largest absolute Gasteiger partial charge is 0.508 e. The van der Waals surface area contributed by atoms with Crippen molar-refractivity contribution in [1.29, 1.82) is 0 Å². The van der Waals surface area contributed by atoms with E-state index in [4.69, 9.17) is 4.74 Å². The summed E-state index contributed by atoms with van der Waals surface area (Å²) in [7, 11) is 1.23. The molecule has 0 radical (unpaired) electrons. The molecule has 1 atom stereocenters. The summed E-state index contributed by atoms with van der Waals surface area (Å²) in [6.07, 6.45) is -0.880. The van der Waals surface area contributed by atoms with E-state index in [1.807, 2.05) is 6.07 Å². The standard InChI is InChI=1S/C17H16FNO5/c1-19(17(23)24-10-11-5-3-2-4-6-11)15(16(21)22)12-7-13(18)9-14(20)8-12/h2-9,15,20H,10H2,1H3,(H,21,22). The van der Waals surface area contributed by atoms with Gasteiger partial charge < -0.3 is 14.9 Å². The van der Waals surface area contributed by atoms with Crippen molar-refractivity contribution in [2.75, 3.05) is 7.05 Å². The van der Waals surface area contributed by atoms with Gasteiger partial charge in [0.1, 0.15) is 18.2 Å².